The van der Waals surface area contributed by atoms with Gasteiger partial charge in [0, 0.05) is 30.2 Å². The molecule has 2 atom stereocenters. The van der Waals surface area contributed by atoms with Crippen LogP contribution in [0.15, 0.2) is 6.20 Å². The molecule has 0 amide bonds. The monoisotopic (exact) mass is 318 g/mol. The van der Waals surface area contributed by atoms with E-state index in [1.807, 2.05) is 13.8 Å². The van der Waals surface area contributed by atoms with Gasteiger partial charge in [-0.1, -0.05) is 6.42 Å². The molecule has 114 valence electrons. The number of hydrogen-bond donors (Lipinski definition) is 2. The number of nitrogens with zero attached hydrogens (tertiary/aromatic N) is 2. The van der Waals surface area contributed by atoms with E-state index in [0.29, 0.717) is 13.1 Å². The van der Waals surface area contributed by atoms with Gasteiger partial charge in [0.15, 0.2) is 0 Å². The van der Waals surface area contributed by atoms with Crippen molar-refractivity contribution in [2.24, 2.45) is 5.73 Å². The van der Waals surface area contributed by atoms with Crippen molar-refractivity contribution in [1.82, 2.24) is 14.0 Å². The van der Waals surface area contributed by atoms with Crippen LogP contribution < -0.4 is 10.5 Å². The zero-order valence-corrected chi connectivity index (χ0v) is 13.5. The van der Waals surface area contributed by atoms with Crippen molar-refractivity contribution in [3.8, 4) is 0 Å². The molecule has 0 aliphatic carbocycles. The van der Waals surface area contributed by atoms with Crippen LogP contribution in [0.5, 0.6) is 0 Å². The fourth-order valence-electron chi connectivity index (χ4n) is 2.44. The van der Waals surface area contributed by atoms with E-state index in [1.165, 1.54) is 15.6 Å². The van der Waals surface area contributed by atoms with E-state index in [0.717, 1.165) is 29.1 Å². The topological polar surface area (TPSA) is 88.3 Å². The summed E-state index contributed by atoms with van der Waals surface area (Å²) in [6.07, 6.45) is 4.52. The van der Waals surface area contributed by atoms with Crippen molar-refractivity contribution in [2.45, 2.75) is 45.2 Å². The molecule has 20 heavy (non-hydrogen) atoms. The summed E-state index contributed by atoms with van der Waals surface area (Å²) in [6, 6.07) is -0.412. The number of nitrogens with two attached hydrogens (primary N) is 1. The average molecular weight is 318 g/mol. The van der Waals surface area contributed by atoms with E-state index < -0.39 is 10.2 Å². The second kappa shape index (κ2) is 6.48. The van der Waals surface area contributed by atoms with Gasteiger partial charge in [0.05, 0.1) is 6.04 Å². The fraction of sp³-hybridized carbons (Fsp3) is 0.750. The van der Waals surface area contributed by atoms with Crippen LogP contribution in [0.3, 0.4) is 0 Å². The summed E-state index contributed by atoms with van der Waals surface area (Å²) >= 11 is 1.51. The zero-order chi connectivity index (χ0) is 14.8. The van der Waals surface area contributed by atoms with Gasteiger partial charge in [0.1, 0.15) is 5.01 Å². The average Bonchev–Trinajstić information content (AvgIpc) is 2.85. The molecule has 1 aliphatic heterocycles. The lowest BCUT2D eigenvalue weighted by Gasteiger charge is -2.34. The number of thiazole rings is 1. The van der Waals surface area contributed by atoms with Crippen LogP contribution in [-0.4, -0.2) is 36.8 Å². The lowest BCUT2D eigenvalue weighted by molar-refractivity contribution is 0.253. The highest BCUT2D eigenvalue weighted by Crippen LogP contribution is 2.23. The zero-order valence-electron chi connectivity index (χ0n) is 11.9. The maximum atomic E-state index is 12.5. The third-order valence-electron chi connectivity index (χ3n) is 3.49. The van der Waals surface area contributed by atoms with Crippen LogP contribution in [-0.2, 0) is 10.2 Å². The minimum atomic E-state index is -3.51. The highest BCUT2D eigenvalue weighted by atomic mass is 32.2. The van der Waals surface area contributed by atoms with Crippen molar-refractivity contribution >= 4 is 21.5 Å². The van der Waals surface area contributed by atoms with Crippen molar-refractivity contribution < 1.29 is 8.42 Å². The van der Waals surface area contributed by atoms with Gasteiger partial charge in [-0.05, 0) is 26.7 Å². The summed E-state index contributed by atoms with van der Waals surface area (Å²) in [5, 5.41) is 0.785. The van der Waals surface area contributed by atoms with Gasteiger partial charge in [-0.3, -0.25) is 0 Å². The molecule has 1 aromatic rings. The Kier molecular flexibility index (Phi) is 5.14. The van der Waals surface area contributed by atoms with Gasteiger partial charge in [-0.25, -0.2) is 4.98 Å². The number of aryl methyl sites for hydroxylation is 1. The third kappa shape index (κ3) is 3.56. The minimum Gasteiger partial charge on any atom is -0.329 e. The number of nitrogens with one attached hydrogen (secondary N) is 1. The Morgan fingerprint density at radius 2 is 2.35 bits per heavy atom. The molecule has 0 spiro atoms. The van der Waals surface area contributed by atoms with Crippen LogP contribution in [0.4, 0.5) is 0 Å². The first-order valence-corrected chi connectivity index (χ1v) is 9.11. The van der Waals surface area contributed by atoms with E-state index in [4.69, 9.17) is 5.73 Å². The SMILES string of the molecule is Cc1cnc(C(C)NS(=O)(=O)N2CCCCC2CN)s1. The molecule has 3 N–H and O–H groups in total. The molecule has 1 fully saturated rings. The van der Waals surface area contributed by atoms with Crippen LogP contribution in [0.25, 0.3) is 0 Å². The summed E-state index contributed by atoms with van der Waals surface area (Å²) in [5.41, 5.74) is 5.69. The Balaban J connectivity index is 2.09. The Morgan fingerprint density at radius 1 is 1.60 bits per heavy atom. The Labute approximate surface area is 124 Å². The molecule has 0 aromatic carbocycles. The molecule has 8 heteroatoms. The molecule has 0 saturated carbocycles. The first kappa shape index (κ1) is 15.8. The fourth-order valence-corrected chi connectivity index (χ4v) is 4.94. The molecule has 2 unspecified atom stereocenters. The molecule has 1 aromatic heterocycles. The van der Waals surface area contributed by atoms with Crippen molar-refractivity contribution in [3.63, 3.8) is 0 Å². The van der Waals surface area contributed by atoms with E-state index in [2.05, 4.69) is 9.71 Å². The van der Waals surface area contributed by atoms with Gasteiger partial charge in [-0.15, -0.1) is 11.3 Å². The molecular weight excluding hydrogens is 296 g/mol. The third-order valence-corrected chi connectivity index (χ3v) is 6.33. The molecule has 2 rings (SSSR count). The number of hydrogen-bond acceptors (Lipinski definition) is 5. The molecule has 0 radical (unpaired) electrons. The van der Waals surface area contributed by atoms with Gasteiger partial charge in [0.25, 0.3) is 10.2 Å². The van der Waals surface area contributed by atoms with Crippen LogP contribution in [0.2, 0.25) is 0 Å². The standard InChI is InChI=1S/C12H22N4O2S2/c1-9-8-14-12(19-9)10(2)15-20(17,18)16-6-4-3-5-11(16)7-13/h8,10-11,15H,3-7,13H2,1-2H3. The second-order valence-corrected chi connectivity index (χ2v) is 8.07. The van der Waals surface area contributed by atoms with Crippen molar-refractivity contribution in [2.75, 3.05) is 13.1 Å². The predicted molar refractivity (Wildman–Crippen MR) is 80.7 cm³/mol. The Morgan fingerprint density at radius 3 is 2.95 bits per heavy atom. The second-order valence-electron chi connectivity index (χ2n) is 5.15. The normalized spacial score (nSPS) is 22.9. The summed E-state index contributed by atoms with van der Waals surface area (Å²) in [6.45, 7) is 4.68. The van der Waals surface area contributed by atoms with Gasteiger partial charge < -0.3 is 5.73 Å². The summed E-state index contributed by atoms with van der Waals surface area (Å²) in [7, 11) is -3.51. The molecular formula is C12H22N4O2S2. The highest BCUT2D eigenvalue weighted by Gasteiger charge is 2.32. The predicted octanol–water partition coefficient (Wildman–Crippen LogP) is 1.16. The maximum Gasteiger partial charge on any atom is 0.280 e. The first-order chi connectivity index (χ1) is 9.44. The highest BCUT2D eigenvalue weighted by molar-refractivity contribution is 7.87. The molecule has 1 aliphatic rings. The Hall–Kier alpha value is -0.540. The molecule has 2 heterocycles. The lowest BCUT2D eigenvalue weighted by atomic mass is 10.1. The lowest BCUT2D eigenvalue weighted by Crippen LogP contribution is -2.52. The van der Waals surface area contributed by atoms with E-state index in [-0.39, 0.29) is 12.1 Å². The maximum absolute atomic E-state index is 12.5. The summed E-state index contributed by atoms with van der Waals surface area (Å²) in [5.74, 6) is 0. The number of rotatable bonds is 5. The minimum absolute atomic E-state index is 0.0912. The van der Waals surface area contributed by atoms with Gasteiger partial charge in [0.2, 0.25) is 0 Å². The largest absolute Gasteiger partial charge is 0.329 e. The summed E-state index contributed by atoms with van der Waals surface area (Å²) < 4.78 is 29.2. The molecule has 0 bridgehead atoms. The van der Waals surface area contributed by atoms with Gasteiger partial charge >= 0.3 is 0 Å². The van der Waals surface area contributed by atoms with E-state index in [1.54, 1.807) is 6.20 Å². The quantitative estimate of drug-likeness (QED) is 0.852. The van der Waals surface area contributed by atoms with Crippen molar-refractivity contribution in [3.05, 3.63) is 16.1 Å². The van der Waals surface area contributed by atoms with Crippen LogP contribution in [0.1, 0.15) is 42.1 Å². The van der Waals surface area contributed by atoms with E-state index in [9.17, 15) is 8.42 Å². The first-order valence-electron chi connectivity index (χ1n) is 6.85. The number of aromatic nitrogens is 1. The summed E-state index contributed by atoms with van der Waals surface area (Å²) in [4.78, 5) is 5.31. The number of piperidine rings is 1. The smallest absolute Gasteiger partial charge is 0.280 e. The van der Waals surface area contributed by atoms with Crippen molar-refractivity contribution in [1.29, 1.82) is 0 Å². The molecule has 1 saturated heterocycles. The molecule has 6 nitrogen and oxygen atoms in total. The Bertz CT molecular complexity index is 543. The van der Waals surface area contributed by atoms with Crippen LogP contribution in [0, 0.1) is 6.92 Å². The van der Waals surface area contributed by atoms with Gasteiger partial charge in [-0.2, -0.15) is 17.4 Å². The van der Waals surface area contributed by atoms with E-state index >= 15 is 0 Å². The van der Waals surface area contributed by atoms with Crippen LogP contribution >= 0.6 is 11.3 Å².